The number of carbonyl (C=O) groups is 1. The van der Waals surface area contributed by atoms with Crippen LogP contribution in [0.15, 0.2) is 11.6 Å². The molecule has 3 nitrogen and oxygen atoms in total. The van der Waals surface area contributed by atoms with E-state index in [0.29, 0.717) is 23.0 Å². The maximum absolute atomic E-state index is 13.6. The lowest BCUT2D eigenvalue weighted by molar-refractivity contribution is -0.177. The molecule has 5 heteroatoms. The topological polar surface area (TPSA) is 35.5 Å². The molecule has 0 aromatic heterocycles. The molecule has 5 atom stereocenters. The molecule has 0 spiro atoms. The molecular formula is C25H44O3Si2. The Hall–Kier alpha value is -0.236. The first kappa shape index (κ1) is 22.9. The number of Topliss-reactive ketones (excluding diaryl/α,β-unsaturated/α-hetero) is 1. The summed E-state index contributed by atoms with van der Waals surface area (Å²) in [6.07, 6.45) is 12.7. The van der Waals surface area contributed by atoms with Gasteiger partial charge in [0.1, 0.15) is 5.78 Å². The number of hydrogen-bond acceptors (Lipinski definition) is 3. The van der Waals surface area contributed by atoms with E-state index in [-0.39, 0.29) is 6.29 Å². The monoisotopic (exact) mass is 448 g/mol. The van der Waals surface area contributed by atoms with Gasteiger partial charge in [0.25, 0.3) is 0 Å². The molecular weight excluding hydrogens is 404 g/mol. The van der Waals surface area contributed by atoms with Gasteiger partial charge in [0.05, 0.1) is 5.41 Å². The van der Waals surface area contributed by atoms with E-state index >= 15 is 0 Å². The summed E-state index contributed by atoms with van der Waals surface area (Å²) in [5.41, 5.74) is 1.70. The fourth-order valence-electron chi connectivity index (χ4n) is 7.50. The third-order valence-electron chi connectivity index (χ3n) is 8.69. The summed E-state index contributed by atoms with van der Waals surface area (Å²) in [5, 5.41) is 0. The van der Waals surface area contributed by atoms with E-state index in [1.54, 1.807) is 5.57 Å². The normalized spacial score (nSPS) is 39.4. The summed E-state index contributed by atoms with van der Waals surface area (Å²) in [6, 6.07) is 0. The first-order valence-corrected chi connectivity index (χ1v) is 19.3. The number of ketones is 1. The van der Waals surface area contributed by atoms with Gasteiger partial charge in [-0.3, -0.25) is 4.79 Å². The molecule has 0 N–H and O–H groups in total. The van der Waals surface area contributed by atoms with E-state index in [2.05, 4.69) is 52.3 Å². The molecule has 3 fully saturated rings. The minimum atomic E-state index is -1.85. The van der Waals surface area contributed by atoms with Gasteiger partial charge in [0, 0.05) is 6.42 Å². The van der Waals surface area contributed by atoms with Gasteiger partial charge >= 0.3 is 0 Å². The van der Waals surface area contributed by atoms with Crippen molar-refractivity contribution >= 4 is 22.4 Å². The van der Waals surface area contributed by atoms with Crippen LogP contribution >= 0.6 is 0 Å². The maximum atomic E-state index is 13.6. The van der Waals surface area contributed by atoms with Crippen molar-refractivity contribution in [2.24, 2.45) is 28.6 Å². The zero-order chi connectivity index (χ0) is 21.9. The lowest BCUT2D eigenvalue weighted by Gasteiger charge is -2.58. The summed E-state index contributed by atoms with van der Waals surface area (Å²) in [6.45, 7) is 16.0. The Kier molecular flexibility index (Phi) is 5.87. The Morgan fingerprint density at radius 1 is 0.933 bits per heavy atom. The number of carbonyl (C=O) groups excluding carboxylic acids is 1. The van der Waals surface area contributed by atoms with Gasteiger partial charge in [-0.05, 0) is 107 Å². The zero-order valence-corrected chi connectivity index (χ0v) is 22.5. The van der Waals surface area contributed by atoms with Crippen molar-refractivity contribution in [3.8, 4) is 0 Å². The van der Waals surface area contributed by atoms with Gasteiger partial charge in [-0.2, -0.15) is 0 Å². The second-order valence-electron chi connectivity index (χ2n) is 12.8. The lowest BCUT2D eigenvalue weighted by atomic mass is 9.48. The maximum Gasteiger partial charge on any atom is 0.187 e. The molecule has 4 aliphatic rings. The van der Waals surface area contributed by atoms with Crippen LogP contribution in [0.4, 0.5) is 0 Å². The minimum absolute atomic E-state index is 0.332. The van der Waals surface area contributed by atoms with E-state index in [1.165, 1.54) is 38.5 Å². The number of fused-ring (bicyclic) bond motifs is 5. The molecule has 0 aromatic rings. The first-order valence-electron chi connectivity index (χ1n) is 12.5. The van der Waals surface area contributed by atoms with Crippen LogP contribution in [-0.4, -0.2) is 28.7 Å². The van der Waals surface area contributed by atoms with Gasteiger partial charge in [-0.15, -0.1) is 0 Å². The van der Waals surface area contributed by atoms with E-state index in [1.807, 2.05) is 0 Å². The van der Waals surface area contributed by atoms with E-state index in [4.69, 9.17) is 8.85 Å². The summed E-state index contributed by atoms with van der Waals surface area (Å²) in [4.78, 5) is 13.6. The van der Waals surface area contributed by atoms with Crippen molar-refractivity contribution < 1.29 is 13.6 Å². The number of rotatable bonds is 5. The van der Waals surface area contributed by atoms with Gasteiger partial charge in [0.15, 0.2) is 22.9 Å². The molecule has 0 aromatic carbocycles. The smallest absolute Gasteiger partial charge is 0.187 e. The van der Waals surface area contributed by atoms with Crippen LogP contribution in [0, 0.1) is 28.6 Å². The van der Waals surface area contributed by atoms with Gasteiger partial charge in [-0.1, -0.05) is 25.0 Å². The molecule has 0 unspecified atom stereocenters. The Morgan fingerprint density at radius 3 is 2.23 bits per heavy atom. The second-order valence-corrected chi connectivity index (χ2v) is 21.7. The SMILES string of the molecule is C[C@]12CCCCC1=CC[C@@H]1[C@@H]2CC[C@]2(C(O[Si](C)(C)C)O[Si](C)(C)C)C(=O)CC[C@@H]12. The van der Waals surface area contributed by atoms with Crippen LogP contribution in [0.5, 0.6) is 0 Å². The molecule has 4 rings (SSSR count). The molecule has 3 saturated carbocycles. The third-order valence-corrected chi connectivity index (χ3v) is 10.5. The van der Waals surface area contributed by atoms with Crippen molar-refractivity contribution in [3.63, 3.8) is 0 Å². The second kappa shape index (κ2) is 7.67. The van der Waals surface area contributed by atoms with Crippen molar-refractivity contribution in [2.75, 3.05) is 0 Å². The summed E-state index contributed by atoms with van der Waals surface area (Å²) < 4.78 is 13.5. The van der Waals surface area contributed by atoms with E-state index < -0.39 is 22.0 Å². The lowest BCUT2D eigenvalue weighted by Crippen LogP contribution is -2.59. The first-order chi connectivity index (χ1) is 13.9. The largest absolute Gasteiger partial charge is 0.393 e. The predicted octanol–water partition coefficient (Wildman–Crippen LogP) is 6.92. The minimum Gasteiger partial charge on any atom is -0.393 e. The molecule has 0 radical (unpaired) electrons. The van der Waals surface area contributed by atoms with E-state index in [9.17, 15) is 4.79 Å². The van der Waals surface area contributed by atoms with Crippen molar-refractivity contribution in [1.29, 1.82) is 0 Å². The van der Waals surface area contributed by atoms with Crippen molar-refractivity contribution in [2.45, 2.75) is 110 Å². The molecule has 170 valence electrons. The van der Waals surface area contributed by atoms with Crippen LogP contribution in [0.3, 0.4) is 0 Å². The summed E-state index contributed by atoms with van der Waals surface area (Å²) >= 11 is 0. The molecule has 0 bridgehead atoms. The van der Waals surface area contributed by atoms with Crippen molar-refractivity contribution in [1.82, 2.24) is 0 Å². The van der Waals surface area contributed by atoms with Crippen LogP contribution < -0.4 is 0 Å². The summed E-state index contributed by atoms with van der Waals surface area (Å²) in [5.74, 6) is 2.23. The highest BCUT2D eigenvalue weighted by molar-refractivity contribution is 6.70. The molecule has 0 saturated heterocycles. The average Bonchev–Trinajstić information content (AvgIpc) is 2.96. The molecule has 4 aliphatic carbocycles. The van der Waals surface area contributed by atoms with Gasteiger partial charge < -0.3 is 8.85 Å². The molecule has 0 aliphatic heterocycles. The zero-order valence-electron chi connectivity index (χ0n) is 20.5. The van der Waals surface area contributed by atoms with E-state index in [0.717, 1.165) is 25.2 Å². The Balaban J connectivity index is 1.72. The van der Waals surface area contributed by atoms with Crippen LogP contribution in [0.25, 0.3) is 0 Å². The fraction of sp³-hybridized carbons (Fsp3) is 0.880. The number of hydrogen-bond donors (Lipinski definition) is 0. The molecule has 0 heterocycles. The standard InChI is InChI=1S/C25H44O3Si2/c1-24-16-9-8-10-18(24)11-12-19-20(24)15-17-25(21(19)13-14-22(25)26)23(27-29(2,3)4)28-30(5,6)7/h11,19-21,23H,8-10,12-17H2,1-7H3/t19-,20+,21+,24+,25-/m1/s1. The van der Waals surface area contributed by atoms with Crippen molar-refractivity contribution in [3.05, 3.63) is 11.6 Å². The van der Waals surface area contributed by atoms with Gasteiger partial charge in [0.2, 0.25) is 0 Å². The van der Waals surface area contributed by atoms with Crippen LogP contribution in [0.1, 0.15) is 64.7 Å². The summed E-state index contributed by atoms with van der Waals surface area (Å²) in [7, 11) is -3.70. The quantitative estimate of drug-likeness (QED) is 0.260. The predicted molar refractivity (Wildman–Crippen MR) is 128 cm³/mol. The van der Waals surface area contributed by atoms with Crippen LogP contribution in [-0.2, 0) is 13.6 Å². The number of allylic oxidation sites excluding steroid dienone is 2. The molecule has 30 heavy (non-hydrogen) atoms. The molecule has 0 amide bonds. The Labute approximate surface area is 186 Å². The fourth-order valence-corrected chi connectivity index (χ4v) is 9.40. The third kappa shape index (κ3) is 3.86. The van der Waals surface area contributed by atoms with Crippen LogP contribution in [0.2, 0.25) is 39.3 Å². The average molecular weight is 449 g/mol. The Morgan fingerprint density at radius 2 is 1.60 bits per heavy atom. The van der Waals surface area contributed by atoms with Gasteiger partial charge in [-0.25, -0.2) is 0 Å². The highest BCUT2D eigenvalue weighted by Gasteiger charge is 2.64. The Bertz CT molecular complexity index is 703. The highest BCUT2D eigenvalue weighted by Crippen LogP contribution is 2.65. The highest BCUT2D eigenvalue weighted by atomic mass is 28.4.